The third kappa shape index (κ3) is 9.23. The molecular weight excluding hydrogens is 465 g/mol. The molecule has 0 spiro atoms. The van der Waals surface area contributed by atoms with Crippen LogP contribution in [0.1, 0.15) is 45.6 Å². The Morgan fingerprint density at radius 2 is 1.86 bits per heavy atom. The van der Waals surface area contributed by atoms with E-state index in [9.17, 15) is 4.79 Å². The van der Waals surface area contributed by atoms with E-state index >= 15 is 0 Å². The van der Waals surface area contributed by atoms with Crippen molar-refractivity contribution in [3.63, 3.8) is 0 Å². The Kier molecular flexibility index (Phi) is 12.1. The van der Waals surface area contributed by atoms with Crippen LogP contribution >= 0.6 is 24.0 Å². The molecule has 0 aliphatic carbocycles. The summed E-state index contributed by atoms with van der Waals surface area (Å²) in [5, 5.41) is 9.76. The summed E-state index contributed by atoms with van der Waals surface area (Å²) in [6, 6.07) is 11.0. The molecule has 0 atom stereocenters. The number of carbonyl (C=O) groups excluding carboxylic acids is 1. The number of benzene rings is 1. The van der Waals surface area contributed by atoms with Gasteiger partial charge in [-0.15, -0.1) is 24.0 Å². The van der Waals surface area contributed by atoms with Crippen molar-refractivity contribution < 1.29 is 4.79 Å². The fourth-order valence-corrected chi connectivity index (χ4v) is 3.23. The summed E-state index contributed by atoms with van der Waals surface area (Å²) in [5.74, 6) is 0.847. The minimum Gasteiger partial charge on any atom is -0.357 e. The third-order valence-corrected chi connectivity index (χ3v) is 4.89. The summed E-state index contributed by atoms with van der Waals surface area (Å²) in [6.07, 6.45) is 2.65. The van der Waals surface area contributed by atoms with Gasteiger partial charge in [-0.3, -0.25) is 9.79 Å². The van der Waals surface area contributed by atoms with Gasteiger partial charge in [-0.1, -0.05) is 30.3 Å². The molecule has 0 aromatic heterocycles. The molecule has 1 fully saturated rings. The zero-order valence-electron chi connectivity index (χ0n) is 17.4. The normalized spacial score (nSPS) is 15.8. The van der Waals surface area contributed by atoms with Gasteiger partial charge >= 0.3 is 0 Å². The van der Waals surface area contributed by atoms with Crippen molar-refractivity contribution in [1.82, 2.24) is 20.9 Å². The van der Waals surface area contributed by atoms with E-state index in [0.717, 1.165) is 44.0 Å². The highest BCUT2D eigenvalue weighted by atomic mass is 127. The average Bonchev–Trinajstić information content (AvgIpc) is 2.68. The maximum atomic E-state index is 12.0. The number of hydrogen-bond acceptors (Lipinski definition) is 3. The molecule has 0 radical (unpaired) electrons. The lowest BCUT2D eigenvalue weighted by Crippen LogP contribution is -2.49. The van der Waals surface area contributed by atoms with E-state index in [0.29, 0.717) is 31.6 Å². The van der Waals surface area contributed by atoms with Crippen molar-refractivity contribution in [2.45, 2.75) is 58.7 Å². The summed E-state index contributed by atoms with van der Waals surface area (Å²) in [4.78, 5) is 19.1. The number of amides is 1. The van der Waals surface area contributed by atoms with Gasteiger partial charge in [0.15, 0.2) is 5.96 Å². The van der Waals surface area contributed by atoms with Crippen molar-refractivity contribution in [2.75, 3.05) is 26.2 Å². The number of guanidine groups is 1. The Labute approximate surface area is 187 Å². The van der Waals surface area contributed by atoms with Crippen LogP contribution in [0.3, 0.4) is 0 Å². The van der Waals surface area contributed by atoms with E-state index in [1.807, 2.05) is 30.3 Å². The maximum absolute atomic E-state index is 12.0. The van der Waals surface area contributed by atoms with Gasteiger partial charge in [-0.05, 0) is 39.2 Å². The molecule has 1 aliphatic heterocycles. The Bertz CT molecular complexity index is 586. The number of piperidine rings is 1. The molecule has 0 saturated carbocycles. The Balaban J connectivity index is 0.00000392. The second kappa shape index (κ2) is 13.8. The molecular formula is C21H36IN5O. The van der Waals surface area contributed by atoms with Gasteiger partial charge in [0.2, 0.25) is 5.91 Å². The first-order valence-electron chi connectivity index (χ1n) is 10.2. The minimum absolute atomic E-state index is 0. The first-order chi connectivity index (χ1) is 13.1. The van der Waals surface area contributed by atoms with Crippen molar-refractivity contribution in [3.8, 4) is 0 Å². The van der Waals surface area contributed by atoms with Crippen LogP contribution in [0.4, 0.5) is 0 Å². The molecule has 6 nitrogen and oxygen atoms in total. The SMILES string of the molecule is CCNC(=NCCC(=O)NCc1ccccc1)NC1CCN(C(C)C)CC1.I. The Hall–Kier alpha value is -1.35. The van der Waals surface area contributed by atoms with E-state index in [4.69, 9.17) is 0 Å². The lowest BCUT2D eigenvalue weighted by atomic mass is 10.0. The number of likely N-dealkylation sites (tertiary alicyclic amines) is 1. The van der Waals surface area contributed by atoms with Crippen molar-refractivity contribution in [1.29, 1.82) is 0 Å². The third-order valence-electron chi connectivity index (χ3n) is 4.89. The molecule has 1 aliphatic rings. The molecule has 1 saturated heterocycles. The number of carbonyl (C=O) groups is 1. The van der Waals surface area contributed by atoms with Crippen LogP contribution in [-0.2, 0) is 11.3 Å². The highest BCUT2D eigenvalue weighted by molar-refractivity contribution is 14.0. The summed E-state index contributed by atoms with van der Waals surface area (Å²) >= 11 is 0. The van der Waals surface area contributed by atoms with E-state index in [-0.39, 0.29) is 29.9 Å². The lowest BCUT2D eigenvalue weighted by Gasteiger charge is -2.35. The zero-order valence-corrected chi connectivity index (χ0v) is 19.7. The van der Waals surface area contributed by atoms with Crippen LogP contribution in [0.25, 0.3) is 0 Å². The second-order valence-corrected chi connectivity index (χ2v) is 7.32. The van der Waals surface area contributed by atoms with E-state index in [1.165, 1.54) is 0 Å². The number of aliphatic imine (C=N–C) groups is 1. The van der Waals surface area contributed by atoms with Crippen LogP contribution in [0, 0.1) is 0 Å². The quantitative estimate of drug-likeness (QED) is 0.291. The number of nitrogens with one attached hydrogen (secondary N) is 3. The lowest BCUT2D eigenvalue weighted by molar-refractivity contribution is -0.121. The van der Waals surface area contributed by atoms with Crippen molar-refractivity contribution in [3.05, 3.63) is 35.9 Å². The molecule has 7 heteroatoms. The van der Waals surface area contributed by atoms with Gasteiger partial charge < -0.3 is 20.9 Å². The van der Waals surface area contributed by atoms with Crippen LogP contribution in [0.15, 0.2) is 35.3 Å². The standard InChI is InChI=1S/C21H35N5O.HI/c1-4-22-21(25-19-11-14-26(15-12-19)17(2)3)23-13-10-20(27)24-16-18-8-6-5-7-9-18;/h5-9,17,19H,4,10-16H2,1-3H3,(H,24,27)(H2,22,23,25);1H. The molecule has 28 heavy (non-hydrogen) atoms. The Morgan fingerprint density at radius 3 is 2.46 bits per heavy atom. The largest absolute Gasteiger partial charge is 0.357 e. The predicted molar refractivity (Wildman–Crippen MR) is 127 cm³/mol. The smallest absolute Gasteiger partial charge is 0.222 e. The van der Waals surface area contributed by atoms with Crippen LogP contribution in [0.2, 0.25) is 0 Å². The van der Waals surface area contributed by atoms with Gasteiger partial charge in [0.1, 0.15) is 0 Å². The first kappa shape index (κ1) is 24.7. The van der Waals surface area contributed by atoms with Gasteiger partial charge in [0, 0.05) is 44.7 Å². The summed E-state index contributed by atoms with van der Waals surface area (Å²) in [5.41, 5.74) is 1.11. The molecule has 0 unspecified atom stereocenters. The van der Waals surface area contributed by atoms with Gasteiger partial charge in [-0.25, -0.2) is 0 Å². The Morgan fingerprint density at radius 1 is 1.18 bits per heavy atom. The van der Waals surface area contributed by atoms with Crippen molar-refractivity contribution in [2.24, 2.45) is 4.99 Å². The van der Waals surface area contributed by atoms with E-state index < -0.39 is 0 Å². The molecule has 1 heterocycles. The number of nitrogens with zero attached hydrogens (tertiary/aromatic N) is 2. The molecule has 1 aromatic carbocycles. The zero-order chi connectivity index (χ0) is 19.5. The van der Waals surface area contributed by atoms with Gasteiger partial charge in [0.05, 0.1) is 6.54 Å². The molecule has 1 aromatic rings. The number of halogens is 1. The van der Waals surface area contributed by atoms with Gasteiger partial charge in [-0.2, -0.15) is 0 Å². The monoisotopic (exact) mass is 501 g/mol. The van der Waals surface area contributed by atoms with Crippen molar-refractivity contribution >= 4 is 35.8 Å². The minimum atomic E-state index is 0. The van der Waals surface area contributed by atoms with Crippen LogP contribution in [0.5, 0.6) is 0 Å². The maximum Gasteiger partial charge on any atom is 0.222 e. The predicted octanol–water partition coefficient (Wildman–Crippen LogP) is 2.74. The number of rotatable bonds is 8. The first-order valence-corrected chi connectivity index (χ1v) is 10.2. The number of hydrogen-bond donors (Lipinski definition) is 3. The topological polar surface area (TPSA) is 68.8 Å². The van der Waals surface area contributed by atoms with E-state index in [2.05, 4.69) is 46.6 Å². The molecule has 3 N–H and O–H groups in total. The molecule has 158 valence electrons. The fourth-order valence-electron chi connectivity index (χ4n) is 3.23. The summed E-state index contributed by atoms with van der Waals surface area (Å²) in [6.45, 7) is 10.7. The fraction of sp³-hybridized carbons (Fsp3) is 0.619. The summed E-state index contributed by atoms with van der Waals surface area (Å²) in [7, 11) is 0. The van der Waals surface area contributed by atoms with Gasteiger partial charge in [0.25, 0.3) is 0 Å². The molecule has 1 amide bonds. The average molecular weight is 501 g/mol. The van der Waals surface area contributed by atoms with Crippen LogP contribution in [-0.4, -0.2) is 55.0 Å². The highest BCUT2D eigenvalue weighted by Crippen LogP contribution is 2.12. The van der Waals surface area contributed by atoms with E-state index in [1.54, 1.807) is 0 Å². The highest BCUT2D eigenvalue weighted by Gasteiger charge is 2.21. The molecule has 2 rings (SSSR count). The van der Waals surface area contributed by atoms with Crippen LogP contribution < -0.4 is 16.0 Å². The second-order valence-electron chi connectivity index (χ2n) is 7.32. The molecule has 0 bridgehead atoms. The summed E-state index contributed by atoms with van der Waals surface area (Å²) < 4.78 is 0.